The highest BCUT2D eigenvalue weighted by molar-refractivity contribution is 5.80. The van der Waals surface area contributed by atoms with Gasteiger partial charge in [0.05, 0.1) is 0 Å². The highest BCUT2D eigenvalue weighted by atomic mass is 14.2. The van der Waals surface area contributed by atoms with Crippen LogP contribution in [0.1, 0.15) is 54.4 Å². The molecule has 1 fully saturated rings. The number of benzene rings is 2. The van der Waals surface area contributed by atoms with Crippen molar-refractivity contribution in [2.45, 2.75) is 46.0 Å². The van der Waals surface area contributed by atoms with E-state index in [-0.39, 0.29) is 0 Å². The molecule has 0 saturated heterocycles. The van der Waals surface area contributed by atoms with Gasteiger partial charge in [-0.3, -0.25) is 0 Å². The molecule has 2 aromatic carbocycles. The Morgan fingerprint density at radius 3 is 1.64 bits per heavy atom. The van der Waals surface area contributed by atoms with E-state index in [9.17, 15) is 0 Å². The standard InChI is InChI=1S/C22H26/c1-17-8-12-20(13-9-17)22(16-19-6-4-3-5-7-19)21-14-10-18(2)11-15-21/h8-16,19H,3-7H2,1-2H3. The molecule has 1 aliphatic rings. The molecule has 0 N–H and O–H groups in total. The van der Waals surface area contributed by atoms with Gasteiger partial charge in [-0.2, -0.15) is 0 Å². The molecule has 0 atom stereocenters. The van der Waals surface area contributed by atoms with Gasteiger partial charge in [0.2, 0.25) is 0 Å². The Morgan fingerprint density at radius 2 is 1.18 bits per heavy atom. The number of aryl methyl sites for hydroxylation is 2. The fourth-order valence-corrected chi connectivity index (χ4v) is 3.36. The van der Waals surface area contributed by atoms with E-state index in [4.69, 9.17) is 0 Å². The molecule has 0 heterocycles. The van der Waals surface area contributed by atoms with Gasteiger partial charge >= 0.3 is 0 Å². The van der Waals surface area contributed by atoms with Crippen molar-refractivity contribution >= 4 is 5.57 Å². The van der Waals surface area contributed by atoms with Gasteiger partial charge in [0.25, 0.3) is 0 Å². The van der Waals surface area contributed by atoms with Crippen LogP contribution in [0.3, 0.4) is 0 Å². The lowest BCUT2D eigenvalue weighted by Gasteiger charge is -2.20. The molecule has 0 nitrogen and oxygen atoms in total. The molecule has 2 aromatic rings. The Morgan fingerprint density at radius 1 is 0.727 bits per heavy atom. The molecule has 22 heavy (non-hydrogen) atoms. The summed E-state index contributed by atoms with van der Waals surface area (Å²) in [5.74, 6) is 0.742. The normalized spacial score (nSPS) is 15.5. The van der Waals surface area contributed by atoms with E-state index >= 15 is 0 Å². The van der Waals surface area contributed by atoms with Crippen molar-refractivity contribution in [2.24, 2.45) is 5.92 Å². The third-order valence-corrected chi connectivity index (χ3v) is 4.78. The minimum atomic E-state index is 0.742. The molecule has 0 spiro atoms. The predicted octanol–water partition coefficient (Wildman–Crippen LogP) is 6.32. The Bertz CT molecular complexity index is 575. The van der Waals surface area contributed by atoms with E-state index in [1.807, 2.05) is 0 Å². The molecule has 0 unspecified atom stereocenters. The summed E-state index contributed by atoms with van der Waals surface area (Å²) < 4.78 is 0. The molecule has 0 aromatic heterocycles. The molecular formula is C22H26. The second kappa shape index (κ2) is 6.96. The lowest BCUT2D eigenvalue weighted by molar-refractivity contribution is 0.420. The topological polar surface area (TPSA) is 0 Å². The van der Waals surface area contributed by atoms with Crippen molar-refractivity contribution in [1.82, 2.24) is 0 Å². The summed E-state index contributed by atoms with van der Waals surface area (Å²) in [6, 6.07) is 18.0. The lowest BCUT2D eigenvalue weighted by atomic mass is 9.85. The highest BCUT2D eigenvalue weighted by Crippen LogP contribution is 2.31. The quantitative estimate of drug-likeness (QED) is 0.621. The van der Waals surface area contributed by atoms with E-state index in [1.54, 1.807) is 0 Å². The van der Waals surface area contributed by atoms with E-state index in [1.165, 1.54) is 59.9 Å². The summed E-state index contributed by atoms with van der Waals surface area (Å²) in [4.78, 5) is 0. The van der Waals surface area contributed by atoms with Gasteiger partial charge in [0.1, 0.15) is 0 Å². The first-order chi connectivity index (χ1) is 10.7. The SMILES string of the molecule is Cc1ccc(C(=CC2CCCCC2)c2ccc(C)cc2)cc1. The second-order valence-electron chi connectivity index (χ2n) is 6.71. The molecule has 0 amide bonds. The number of hydrogen-bond donors (Lipinski definition) is 0. The predicted molar refractivity (Wildman–Crippen MR) is 96.0 cm³/mol. The van der Waals surface area contributed by atoms with Crippen LogP contribution < -0.4 is 0 Å². The third kappa shape index (κ3) is 3.68. The first-order valence-corrected chi connectivity index (χ1v) is 8.58. The lowest BCUT2D eigenvalue weighted by Crippen LogP contribution is -2.04. The van der Waals surface area contributed by atoms with Crippen molar-refractivity contribution in [3.05, 3.63) is 76.9 Å². The molecule has 0 aliphatic heterocycles. The molecule has 114 valence electrons. The fraction of sp³-hybridized carbons (Fsp3) is 0.364. The number of allylic oxidation sites excluding steroid dienone is 1. The molecule has 1 aliphatic carbocycles. The first-order valence-electron chi connectivity index (χ1n) is 8.58. The summed E-state index contributed by atoms with van der Waals surface area (Å²) in [5.41, 5.74) is 6.75. The Labute approximate surface area is 134 Å². The average Bonchev–Trinajstić information content (AvgIpc) is 2.56. The van der Waals surface area contributed by atoms with Crippen LogP contribution in [0.25, 0.3) is 5.57 Å². The summed E-state index contributed by atoms with van der Waals surface area (Å²) in [7, 11) is 0. The van der Waals surface area contributed by atoms with Crippen LogP contribution in [0.2, 0.25) is 0 Å². The zero-order valence-electron chi connectivity index (χ0n) is 13.8. The maximum Gasteiger partial charge on any atom is -0.0149 e. The van der Waals surface area contributed by atoms with Crippen molar-refractivity contribution < 1.29 is 0 Å². The van der Waals surface area contributed by atoms with E-state index in [2.05, 4.69) is 68.5 Å². The van der Waals surface area contributed by atoms with Crippen LogP contribution in [0, 0.1) is 19.8 Å². The van der Waals surface area contributed by atoms with Crippen molar-refractivity contribution in [2.75, 3.05) is 0 Å². The Hall–Kier alpha value is -1.82. The van der Waals surface area contributed by atoms with Gasteiger partial charge < -0.3 is 0 Å². The monoisotopic (exact) mass is 290 g/mol. The minimum Gasteiger partial charge on any atom is -0.0729 e. The second-order valence-corrected chi connectivity index (χ2v) is 6.71. The van der Waals surface area contributed by atoms with Crippen LogP contribution in [0.4, 0.5) is 0 Å². The van der Waals surface area contributed by atoms with Crippen LogP contribution in [-0.2, 0) is 0 Å². The maximum absolute atomic E-state index is 2.54. The summed E-state index contributed by atoms with van der Waals surface area (Å²) in [6.45, 7) is 4.31. The molecular weight excluding hydrogens is 264 g/mol. The first kappa shape index (κ1) is 15.1. The fourth-order valence-electron chi connectivity index (χ4n) is 3.36. The molecule has 0 radical (unpaired) electrons. The van der Waals surface area contributed by atoms with Gasteiger partial charge in [-0.1, -0.05) is 85.0 Å². The van der Waals surface area contributed by atoms with Crippen molar-refractivity contribution in [3.8, 4) is 0 Å². The average molecular weight is 290 g/mol. The van der Waals surface area contributed by atoms with E-state index in [0.717, 1.165) is 5.92 Å². The van der Waals surface area contributed by atoms with Gasteiger partial charge in [-0.15, -0.1) is 0 Å². The minimum absolute atomic E-state index is 0.742. The maximum atomic E-state index is 2.54. The van der Waals surface area contributed by atoms with Gasteiger partial charge in [0.15, 0.2) is 0 Å². The molecule has 3 rings (SSSR count). The van der Waals surface area contributed by atoms with E-state index in [0.29, 0.717) is 0 Å². The smallest absolute Gasteiger partial charge is 0.0149 e. The van der Waals surface area contributed by atoms with Crippen molar-refractivity contribution in [3.63, 3.8) is 0 Å². The van der Waals surface area contributed by atoms with Crippen LogP contribution >= 0.6 is 0 Å². The third-order valence-electron chi connectivity index (χ3n) is 4.78. The highest BCUT2D eigenvalue weighted by Gasteiger charge is 2.14. The van der Waals surface area contributed by atoms with Crippen LogP contribution in [0.5, 0.6) is 0 Å². The molecule has 0 heteroatoms. The zero-order valence-corrected chi connectivity index (χ0v) is 13.8. The molecule has 1 saturated carbocycles. The number of rotatable bonds is 3. The van der Waals surface area contributed by atoms with Gasteiger partial charge in [-0.25, -0.2) is 0 Å². The largest absolute Gasteiger partial charge is 0.0729 e. The van der Waals surface area contributed by atoms with Crippen LogP contribution in [-0.4, -0.2) is 0 Å². The Kier molecular flexibility index (Phi) is 4.77. The summed E-state index contributed by atoms with van der Waals surface area (Å²) >= 11 is 0. The van der Waals surface area contributed by atoms with Crippen molar-refractivity contribution in [1.29, 1.82) is 0 Å². The zero-order chi connectivity index (χ0) is 15.4. The summed E-state index contributed by atoms with van der Waals surface area (Å²) in [6.07, 6.45) is 9.41. The van der Waals surface area contributed by atoms with Gasteiger partial charge in [0, 0.05) is 0 Å². The van der Waals surface area contributed by atoms with Crippen LogP contribution in [0.15, 0.2) is 54.6 Å². The Balaban J connectivity index is 1.99. The summed E-state index contributed by atoms with van der Waals surface area (Å²) in [5, 5.41) is 0. The molecule has 0 bridgehead atoms. The number of hydrogen-bond acceptors (Lipinski definition) is 0. The van der Waals surface area contributed by atoms with E-state index < -0.39 is 0 Å². The van der Waals surface area contributed by atoms with Gasteiger partial charge in [-0.05, 0) is 49.3 Å².